The first kappa shape index (κ1) is 33.6. The van der Waals surface area contributed by atoms with Crippen molar-refractivity contribution in [3.8, 4) is 0 Å². The maximum Gasteiger partial charge on any atom is 0.416 e. The molecule has 0 saturated carbocycles. The van der Waals surface area contributed by atoms with E-state index in [0.29, 0.717) is 0 Å². The molecule has 0 radical (unpaired) electrons. The molecule has 0 heterocycles. The molecule has 0 unspecified atom stereocenters. The van der Waals surface area contributed by atoms with Crippen LogP contribution < -0.4 is 9.62 Å². The van der Waals surface area contributed by atoms with Gasteiger partial charge in [-0.15, -0.1) is 0 Å². The smallest absolute Gasteiger partial charge is 0.352 e. The quantitative estimate of drug-likeness (QED) is 0.266. The van der Waals surface area contributed by atoms with E-state index in [0.717, 1.165) is 45.5 Å². The molecule has 0 spiro atoms. The lowest BCUT2D eigenvalue weighted by atomic mass is 10.0. The number of rotatable bonds is 13. The van der Waals surface area contributed by atoms with Gasteiger partial charge in [0.25, 0.3) is 0 Å². The maximum absolute atomic E-state index is 13.8. The topological polar surface area (TPSA) is 86.8 Å². The molecule has 232 valence electrons. The standard InChI is InChI=1S/C32H38F3N3O4S/c1-23(2)36-31(40)29(20-25-10-6-5-7-11-25)37(22-26-17-15-24(3)16-18-26)30(39)14-9-19-38(43(4,41)42)28-13-8-12-27(21-28)32(33,34)35/h5-8,10-13,15-18,21,23,29H,9,14,19-20,22H2,1-4H3,(H,36,40)/t29-/m0/s1. The normalized spacial score (nSPS) is 12.6. The lowest BCUT2D eigenvalue weighted by molar-refractivity contribution is -0.141. The highest BCUT2D eigenvalue weighted by atomic mass is 32.2. The highest BCUT2D eigenvalue weighted by Crippen LogP contribution is 2.32. The fourth-order valence-electron chi connectivity index (χ4n) is 4.67. The van der Waals surface area contributed by atoms with Crippen molar-refractivity contribution in [2.45, 2.75) is 64.8 Å². The van der Waals surface area contributed by atoms with Crippen LogP contribution in [0.25, 0.3) is 0 Å². The average molecular weight is 618 g/mol. The Labute approximate surface area is 251 Å². The molecule has 11 heteroatoms. The van der Waals surface area contributed by atoms with Crippen molar-refractivity contribution >= 4 is 27.5 Å². The zero-order valence-corrected chi connectivity index (χ0v) is 25.6. The van der Waals surface area contributed by atoms with Gasteiger partial charge < -0.3 is 10.2 Å². The van der Waals surface area contributed by atoms with Crippen LogP contribution >= 0.6 is 0 Å². The summed E-state index contributed by atoms with van der Waals surface area (Å²) in [7, 11) is -3.96. The molecule has 7 nitrogen and oxygen atoms in total. The third-order valence-electron chi connectivity index (χ3n) is 6.79. The van der Waals surface area contributed by atoms with Gasteiger partial charge in [-0.1, -0.05) is 66.2 Å². The number of nitrogens with zero attached hydrogens (tertiary/aromatic N) is 2. The molecular weight excluding hydrogens is 579 g/mol. The van der Waals surface area contributed by atoms with Gasteiger partial charge in [-0.25, -0.2) is 8.42 Å². The number of hydrogen-bond acceptors (Lipinski definition) is 4. The lowest BCUT2D eigenvalue weighted by Crippen LogP contribution is -2.51. The van der Waals surface area contributed by atoms with Crippen molar-refractivity contribution in [1.29, 1.82) is 0 Å². The molecule has 3 rings (SSSR count). The molecule has 1 N–H and O–H groups in total. The van der Waals surface area contributed by atoms with Gasteiger partial charge in [0.15, 0.2) is 0 Å². The molecular formula is C32H38F3N3O4S. The first-order valence-electron chi connectivity index (χ1n) is 14.0. The van der Waals surface area contributed by atoms with Crippen molar-refractivity contribution in [3.63, 3.8) is 0 Å². The number of sulfonamides is 1. The Bertz CT molecular complexity index is 1480. The molecule has 0 saturated heterocycles. The van der Waals surface area contributed by atoms with E-state index < -0.39 is 27.8 Å². The van der Waals surface area contributed by atoms with E-state index >= 15 is 0 Å². The van der Waals surface area contributed by atoms with Crippen LogP contribution in [0.2, 0.25) is 0 Å². The van der Waals surface area contributed by atoms with E-state index in [1.165, 1.54) is 11.0 Å². The SMILES string of the molecule is Cc1ccc(CN(C(=O)CCCN(c2cccc(C(F)(F)F)c2)S(C)(=O)=O)[C@@H](Cc2ccccc2)C(=O)NC(C)C)cc1. The molecule has 0 aliphatic carbocycles. The summed E-state index contributed by atoms with van der Waals surface area (Å²) in [4.78, 5) is 28.8. The molecule has 0 fully saturated rings. The van der Waals surface area contributed by atoms with E-state index in [1.54, 1.807) is 0 Å². The zero-order chi connectivity index (χ0) is 31.8. The van der Waals surface area contributed by atoms with Crippen LogP contribution in [0.15, 0.2) is 78.9 Å². The molecule has 1 atom stereocenters. The first-order chi connectivity index (χ1) is 20.1. The summed E-state index contributed by atoms with van der Waals surface area (Å²) >= 11 is 0. The molecule has 3 aromatic rings. The van der Waals surface area contributed by atoms with Crippen LogP contribution in [0.1, 0.15) is 48.9 Å². The van der Waals surface area contributed by atoms with E-state index in [1.807, 2.05) is 75.4 Å². The minimum absolute atomic E-state index is 0.0242. The monoisotopic (exact) mass is 617 g/mol. The molecule has 0 aromatic heterocycles. The Kier molecular flexibility index (Phi) is 11.4. The molecule has 2 amide bonds. The molecule has 0 bridgehead atoms. The van der Waals surface area contributed by atoms with Crippen molar-refractivity contribution in [1.82, 2.24) is 10.2 Å². The van der Waals surface area contributed by atoms with Crippen molar-refractivity contribution in [2.24, 2.45) is 0 Å². The fourth-order valence-corrected chi connectivity index (χ4v) is 5.62. The van der Waals surface area contributed by atoms with Gasteiger partial charge in [-0.3, -0.25) is 13.9 Å². The number of halogens is 3. The predicted molar refractivity (Wildman–Crippen MR) is 162 cm³/mol. The van der Waals surface area contributed by atoms with Gasteiger partial charge in [0.05, 0.1) is 17.5 Å². The second-order valence-electron chi connectivity index (χ2n) is 10.9. The molecule has 43 heavy (non-hydrogen) atoms. The number of alkyl halides is 3. The highest BCUT2D eigenvalue weighted by Gasteiger charge is 2.33. The number of carbonyl (C=O) groups excluding carboxylic acids is 2. The summed E-state index contributed by atoms with van der Waals surface area (Å²) in [5.41, 5.74) is 1.60. The Morgan fingerprint density at radius 1 is 0.907 bits per heavy atom. The second kappa shape index (κ2) is 14.5. The third kappa shape index (κ3) is 10.1. The number of hydrogen-bond donors (Lipinski definition) is 1. The fraction of sp³-hybridized carbons (Fsp3) is 0.375. The van der Waals surface area contributed by atoms with Crippen LogP contribution in [0.5, 0.6) is 0 Å². The maximum atomic E-state index is 13.8. The lowest BCUT2D eigenvalue weighted by Gasteiger charge is -2.32. The van der Waals surface area contributed by atoms with Gasteiger partial charge >= 0.3 is 6.18 Å². The van der Waals surface area contributed by atoms with Crippen molar-refractivity contribution in [2.75, 3.05) is 17.1 Å². The predicted octanol–water partition coefficient (Wildman–Crippen LogP) is 5.72. The average Bonchev–Trinajstić information content (AvgIpc) is 2.93. The summed E-state index contributed by atoms with van der Waals surface area (Å²) in [6.07, 6.45) is -3.58. The largest absolute Gasteiger partial charge is 0.416 e. The van der Waals surface area contributed by atoms with Crippen LogP contribution in [0.4, 0.5) is 18.9 Å². The summed E-state index contributed by atoms with van der Waals surface area (Å²) < 4.78 is 65.9. The Morgan fingerprint density at radius 2 is 1.56 bits per heavy atom. The Balaban J connectivity index is 1.89. The number of benzene rings is 3. The Hall–Kier alpha value is -3.86. The summed E-state index contributed by atoms with van der Waals surface area (Å²) in [5, 5.41) is 2.91. The van der Waals surface area contributed by atoms with Gasteiger partial charge in [0.1, 0.15) is 6.04 Å². The van der Waals surface area contributed by atoms with Gasteiger partial charge in [-0.2, -0.15) is 13.2 Å². The number of anilines is 1. The van der Waals surface area contributed by atoms with Gasteiger partial charge in [-0.05, 0) is 56.5 Å². The number of aryl methyl sites for hydroxylation is 1. The summed E-state index contributed by atoms with van der Waals surface area (Å²) in [6.45, 7) is 5.53. The van der Waals surface area contributed by atoms with Gasteiger partial charge in [0, 0.05) is 32.0 Å². The Morgan fingerprint density at radius 3 is 2.14 bits per heavy atom. The second-order valence-corrected chi connectivity index (χ2v) is 12.8. The van der Waals surface area contributed by atoms with Crippen molar-refractivity contribution in [3.05, 3.63) is 101 Å². The van der Waals surface area contributed by atoms with Crippen LogP contribution in [0, 0.1) is 6.92 Å². The van der Waals surface area contributed by atoms with Gasteiger partial charge in [0.2, 0.25) is 21.8 Å². The number of amides is 2. The third-order valence-corrected chi connectivity index (χ3v) is 7.98. The van der Waals surface area contributed by atoms with Crippen molar-refractivity contribution < 1.29 is 31.2 Å². The molecule has 3 aromatic carbocycles. The highest BCUT2D eigenvalue weighted by molar-refractivity contribution is 7.92. The number of carbonyl (C=O) groups is 2. The van der Waals surface area contributed by atoms with Crippen LogP contribution in [0.3, 0.4) is 0 Å². The molecule has 0 aliphatic heterocycles. The van der Waals surface area contributed by atoms with Crippen LogP contribution in [-0.4, -0.2) is 50.0 Å². The summed E-state index contributed by atoms with van der Waals surface area (Å²) in [6, 6.07) is 20.0. The zero-order valence-electron chi connectivity index (χ0n) is 24.8. The van der Waals surface area contributed by atoms with E-state index in [4.69, 9.17) is 0 Å². The first-order valence-corrected chi connectivity index (χ1v) is 15.8. The van der Waals surface area contributed by atoms with E-state index in [2.05, 4.69) is 5.32 Å². The minimum Gasteiger partial charge on any atom is -0.352 e. The minimum atomic E-state index is -4.64. The summed E-state index contributed by atoms with van der Waals surface area (Å²) in [5.74, 6) is -0.695. The van der Waals surface area contributed by atoms with Crippen LogP contribution in [-0.2, 0) is 38.8 Å². The van der Waals surface area contributed by atoms with E-state index in [-0.39, 0.29) is 55.9 Å². The number of nitrogens with one attached hydrogen (secondary N) is 1. The molecule has 0 aliphatic rings. The van der Waals surface area contributed by atoms with E-state index in [9.17, 15) is 31.2 Å².